The minimum absolute atomic E-state index is 0.0480. The van der Waals surface area contributed by atoms with Crippen LogP contribution in [0.4, 0.5) is 4.39 Å². The number of nitrogens with two attached hydrogens (primary N) is 1. The van der Waals surface area contributed by atoms with Gasteiger partial charge in [-0.1, -0.05) is 23.2 Å². The third kappa shape index (κ3) is 3.75. The fourth-order valence-corrected chi connectivity index (χ4v) is 1.89. The van der Waals surface area contributed by atoms with E-state index in [0.717, 1.165) is 25.7 Å². The molecule has 0 atom stereocenters. The smallest absolute Gasteiger partial charge is 0.226 e. The molecule has 1 heterocycles. The summed E-state index contributed by atoms with van der Waals surface area (Å²) in [4.78, 5) is 4.26. The molecule has 2 rings (SSSR count). The van der Waals surface area contributed by atoms with Crippen LogP contribution in [0.3, 0.4) is 0 Å². The van der Waals surface area contributed by atoms with Crippen LogP contribution in [0.5, 0.6) is 0 Å². The molecule has 19 heavy (non-hydrogen) atoms. The van der Waals surface area contributed by atoms with Crippen molar-refractivity contribution in [1.82, 2.24) is 10.1 Å². The van der Waals surface area contributed by atoms with Crippen LogP contribution in [0.15, 0.2) is 22.7 Å². The normalized spacial score (nSPS) is 10.9. The molecule has 0 saturated carbocycles. The molecule has 0 aliphatic heterocycles. The molecule has 0 fully saturated rings. The van der Waals surface area contributed by atoms with Crippen LogP contribution in [-0.4, -0.2) is 16.7 Å². The van der Waals surface area contributed by atoms with Crippen molar-refractivity contribution in [3.05, 3.63) is 34.9 Å². The quantitative estimate of drug-likeness (QED) is 0.827. The van der Waals surface area contributed by atoms with Gasteiger partial charge in [0.2, 0.25) is 11.7 Å². The molecule has 2 N–H and O–H groups in total. The van der Waals surface area contributed by atoms with Crippen LogP contribution in [-0.2, 0) is 6.42 Å². The minimum atomic E-state index is -0.462. The average Bonchev–Trinajstić information content (AvgIpc) is 2.87. The predicted molar refractivity (Wildman–Crippen MR) is 71.3 cm³/mol. The first-order valence-electron chi connectivity index (χ1n) is 6.19. The second kappa shape index (κ2) is 6.63. The van der Waals surface area contributed by atoms with Crippen LogP contribution in [0.2, 0.25) is 5.02 Å². The number of rotatable bonds is 6. The third-order valence-corrected chi connectivity index (χ3v) is 3.03. The molecule has 0 radical (unpaired) electrons. The number of benzene rings is 1. The lowest BCUT2D eigenvalue weighted by Gasteiger charge is -1.96. The van der Waals surface area contributed by atoms with Crippen molar-refractivity contribution in [2.45, 2.75) is 25.7 Å². The van der Waals surface area contributed by atoms with Gasteiger partial charge >= 0.3 is 0 Å². The van der Waals surface area contributed by atoms with Crippen molar-refractivity contribution >= 4 is 11.6 Å². The highest BCUT2D eigenvalue weighted by Crippen LogP contribution is 2.23. The summed E-state index contributed by atoms with van der Waals surface area (Å²) in [6.07, 6.45) is 3.72. The SMILES string of the molecule is NCCCCCc1nc(-c2ccc(F)c(Cl)c2)no1. The van der Waals surface area contributed by atoms with Crippen molar-refractivity contribution < 1.29 is 8.91 Å². The van der Waals surface area contributed by atoms with Crippen LogP contribution >= 0.6 is 11.6 Å². The van der Waals surface area contributed by atoms with Crippen LogP contribution in [0, 0.1) is 5.82 Å². The Kier molecular flexibility index (Phi) is 4.87. The average molecular weight is 284 g/mol. The number of nitrogens with zero attached hydrogens (tertiary/aromatic N) is 2. The van der Waals surface area contributed by atoms with Gasteiger partial charge in [0.1, 0.15) is 5.82 Å². The summed E-state index contributed by atoms with van der Waals surface area (Å²) in [6.45, 7) is 0.698. The minimum Gasteiger partial charge on any atom is -0.339 e. The number of hydrogen-bond donors (Lipinski definition) is 1. The lowest BCUT2D eigenvalue weighted by molar-refractivity contribution is 0.374. The van der Waals surface area contributed by atoms with Crippen molar-refractivity contribution in [1.29, 1.82) is 0 Å². The Morgan fingerprint density at radius 2 is 2.11 bits per heavy atom. The van der Waals surface area contributed by atoms with Crippen LogP contribution < -0.4 is 5.73 Å². The summed E-state index contributed by atoms with van der Waals surface area (Å²) >= 11 is 5.72. The summed E-state index contributed by atoms with van der Waals surface area (Å²) in [5, 5.41) is 3.91. The number of aromatic nitrogens is 2. The fraction of sp³-hybridized carbons (Fsp3) is 0.385. The monoisotopic (exact) mass is 283 g/mol. The van der Waals surface area contributed by atoms with Gasteiger partial charge < -0.3 is 10.3 Å². The van der Waals surface area contributed by atoms with E-state index in [1.54, 1.807) is 6.07 Å². The molecular weight excluding hydrogens is 269 g/mol. The highest BCUT2D eigenvalue weighted by Gasteiger charge is 2.10. The Hall–Kier alpha value is -1.46. The highest BCUT2D eigenvalue weighted by molar-refractivity contribution is 6.31. The largest absolute Gasteiger partial charge is 0.339 e. The Morgan fingerprint density at radius 3 is 2.84 bits per heavy atom. The zero-order valence-corrected chi connectivity index (χ0v) is 11.2. The Morgan fingerprint density at radius 1 is 1.26 bits per heavy atom. The summed E-state index contributed by atoms with van der Waals surface area (Å²) < 4.78 is 18.2. The summed E-state index contributed by atoms with van der Waals surface area (Å²) in [7, 11) is 0. The number of halogens is 2. The van der Waals surface area contributed by atoms with E-state index < -0.39 is 5.82 Å². The molecule has 102 valence electrons. The topological polar surface area (TPSA) is 64.9 Å². The van der Waals surface area contributed by atoms with E-state index >= 15 is 0 Å². The Bertz CT molecular complexity index is 544. The zero-order chi connectivity index (χ0) is 13.7. The van der Waals surface area contributed by atoms with E-state index in [4.69, 9.17) is 21.9 Å². The van der Waals surface area contributed by atoms with Gasteiger partial charge in [-0.3, -0.25) is 0 Å². The highest BCUT2D eigenvalue weighted by atomic mass is 35.5. The maximum atomic E-state index is 13.1. The lowest BCUT2D eigenvalue weighted by Crippen LogP contribution is -1.98. The van der Waals surface area contributed by atoms with Crippen molar-refractivity contribution in [3.63, 3.8) is 0 Å². The summed E-state index contributed by atoms with van der Waals surface area (Å²) in [5.74, 6) is 0.541. The Labute approximate surface area is 115 Å². The number of unbranched alkanes of at least 4 members (excludes halogenated alkanes) is 2. The van der Waals surface area contributed by atoms with Crippen molar-refractivity contribution in [2.75, 3.05) is 6.54 Å². The fourth-order valence-electron chi connectivity index (χ4n) is 1.71. The van der Waals surface area contributed by atoms with Crippen molar-refractivity contribution in [3.8, 4) is 11.4 Å². The van der Waals surface area contributed by atoms with Crippen molar-refractivity contribution in [2.24, 2.45) is 5.73 Å². The van der Waals surface area contributed by atoms with Gasteiger partial charge in [-0.2, -0.15) is 4.98 Å². The molecule has 0 spiro atoms. The maximum Gasteiger partial charge on any atom is 0.226 e. The molecule has 0 amide bonds. The van der Waals surface area contributed by atoms with Crippen LogP contribution in [0.25, 0.3) is 11.4 Å². The molecule has 0 unspecified atom stereocenters. The maximum absolute atomic E-state index is 13.1. The van der Waals surface area contributed by atoms with E-state index in [9.17, 15) is 4.39 Å². The molecule has 0 bridgehead atoms. The molecule has 0 aliphatic carbocycles. The summed E-state index contributed by atoms with van der Waals surface area (Å²) in [6, 6.07) is 4.35. The van der Waals surface area contributed by atoms with E-state index in [1.165, 1.54) is 12.1 Å². The number of aryl methyl sites for hydroxylation is 1. The third-order valence-electron chi connectivity index (χ3n) is 2.74. The molecule has 0 saturated heterocycles. The van der Waals surface area contributed by atoms with E-state index in [-0.39, 0.29) is 5.02 Å². The summed E-state index contributed by atoms with van der Waals surface area (Å²) in [5.41, 5.74) is 6.06. The second-order valence-electron chi connectivity index (χ2n) is 4.24. The standard InChI is InChI=1S/C13H15ClFN3O/c14-10-8-9(5-6-11(10)15)13-17-12(19-18-13)4-2-1-3-7-16/h5-6,8H,1-4,7,16H2. The van der Waals surface area contributed by atoms with Gasteiger partial charge in [0.25, 0.3) is 0 Å². The molecule has 1 aromatic heterocycles. The lowest BCUT2D eigenvalue weighted by atomic mass is 10.2. The molecule has 1 aromatic carbocycles. The van der Waals surface area contributed by atoms with Gasteiger partial charge in [-0.25, -0.2) is 4.39 Å². The van der Waals surface area contributed by atoms with Gasteiger partial charge in [-0.15, -0.1) is 0 Å². The van der Waals surface area contributed by atoms with Gasteiger partial charge in [0, 0.05) is 12.0 Å². The second-order valence-corrected chi connectivity index (χ2v) is 4.65. The van der Waals surface area contributed by atoms with Gasteiger partial charge in [-0.05, 0) is 37.6 Å². The first kappa shape index (κ1) is 14.0. The zero-order valence-electron chi connectivity index (χ0n) is 10.4. The molecule has 2 aromatic rings. The molecular formula is C13H15ClFN3O. The predicted octanol–water partition coefficient (Wildman–Crippen LogP) is 3.20. The molecule has 6 heteroatoms. The molecule has 4 nitrogen and oxygen atoms in total. The van der Waals surface area contributed by atoms with E-state index in [0.29, 0.717) is 23.8 Å². The Balaban J connectivity index is 2.01. The van der Waals surface area contributed by atoms with Crippen LogP contribution in [0.1, 0.15) is 25.2 Å². The van der Waals surface area contributed by atoms with E-state index in [2.05, 4.69) is 10.1 Å². The van der Waals surface area contributed by atoms with Gasteiger partial charge in [0.15, 0.2) is 0 Å². The van der Waals surface area contributed by atoms with Gasteiger partial charge in [0.05, 0.1) is 5.02 Å². The first-order chi connectivity index (χ1) is 9.20. The van der Waals surface area contributed by atoms with E-state index in [1.807, 2.05) is 0 Å². The molecule has 0 aliphatic rings. The number of hydrogen-bond acceptors (Lipinski definition) is 4. The first-order valence-corrected chi connectivity index (χ1v) is 6.56.